The van der Waals surface area contributed by atoms with Crippen LogP contribution in [0.5, 0.6) is 0 Å². The van der Waals surface area contributed by atoms with Crippen LogP contribution in [0.1, 0.15) is 99.3 Å². The minimum absolute atomic E-state index is 0.0845. The van der Waals surface area contributed by atoms with E-state index in [9.17, 15) is 5.11 Å². The highest BCUT2D eigenvalue weighted by Gasteiger charge is 2.59. The van der Waals surface area contributed by atoms with Gasteiger partial charge in [-0.3, -0.25) is 0 Å². The van der Waals surface area contributed by atoms with Crippen molar-refractivity contribution in [3.05, 3.63) is 23.3 Å². The van der Waals surface area contributed by atoms with Crippen molar-refractivity contribution in [1.82, 2.24) is 0 Å². The highest BCUT2D eigenvalue weighted by molar-refractivity contribution is 5.25. The predicted molar refractivity (Wildman–Crippen MR) is 124 cm³/mol. The first kappa shape index (κ1) is 21.7. The number of fused-ring (bicyclic) bond motifs is 5. The summed E-state index contributed by atoms with van der Waals surface area (Å²) in [7, 11) is 0. The number of allylic oxidation sites excluding steroid dienone is 3. The van der Waals surface area contributed by atoms with E-state index >= 15 is 0 Å². The lowest BCUT2D eigenvalue weighted by Crippen LogP contribution is -2.50. The van der Waals surface area contributed by atoms with Crippen LogP contribution in [0.4, 0.5) is 0 Å². The Kier molecular flexibility index (Phi) is 5.86. The van der Waals surface area contributed by atoms with E-state index in [1.807, 2.05) is 0 Å². The van der Waals surface area contributed by atoms with Gasteiger partial charge in [-0.15, -0.1) is 0 Å². The Morgan fingerprint density at radius 2 is 1.86 bits per heavy atom. The van der Waals surface area contributed by atoms with Crippen molar-refractivity contribution in [3.8, 4) is 0 Å². The molecule has 0 amide bonds. The Morgan fingerprint density at radius 1 is 1.10 bits per heavy atom. The third-order valence-electron chi connectivity index (χ3n) is 10.6. The SMILES string of the molecule is C/C(=C\CC(C)C1CCC2C3CC=C4CC(O)CCC4(C)C3CCC12C)C(C)C. The maximum atomic E-state index is 10.2. The van der Waals surface area contributed by atoms with Gasteiger partial charge in [0.05, 0.1) is 6.10 Å². The van der Waals surface area contributed by atoms with Gasteiger partial charge < -0.3 is 5.11 Å². The van der Waals surface area contributed by atoms with Gasteiger partial charge >= 0.3 is 0 Å². The lowest BCUT2D eigenvalue weighted by atomic mass is 9.47. The molecule has 1 N–H and O–H groups in total. The molecule has 0 bridgehead atoms. The van der Waals surface area contributed by atoms with Crippen molar-refractivity contribution in [3.63, 3.8) is 0 Å². The Hall–Kier alpha value is -0.560. The number of aliphatic hydroxyl groups excluding tert-OH is 1. The van der Waals surface area contributed by atoms with Gasteiger partial charge in [0, 0.05) is 0 Å². The smallest absolute Gasteiger partial charge is 0.0577 e. The first-order valence-corrected chi connectivity index (χ1v) is 12.7. The topological polar surface area (TPSA) is 20.2 Å². The third-order valence-corrected chi connectivity index (χ3v) is 10.6. The van der Waals surface area contributed by atoms with Gasteiger partial charge in [-0.25, -0.2) is 0 Å². The fraction of sp³-hybridized carbons (Fsp3) is 0.857. The third kappa shape index (κ3) is 3.58. The molecule has 8 atom stereocenters. The molecule has 4 aliphatic rings. The van der Waals surface area contributed by atoms with Crippen LogP contribution >= 0.6 is 0 Å². The molecule has 4 aliphatic carbocycles. The molecular weight excluding hydrogens is 352 g/mol. The summed E-state index contributed by atoms with van der Waals surface area (Å²) >= 11 is 0. The summed E-state index contributed by atoms with van der Waals surface area (Å²) in [5, 5.41) is 10.2. The van der Waals surface area contributed by atoms with E-state index in [4.69, 9.17) is 0 Å². The number of hydrogen-bond acceptors (Lipinski definition) is 1. The van der Waals surface area contributed by atoms with Gasteiger partial charge in [-0.05, 0) is 111 Å². The summed E-state index contributed by atoms with van der Waals surface area (Å²) in [5.41, 5.74) is 4.11. The molecule has 3 saturated carbocycles. The van der Waals surface area contributed by atoms with Crippen LogP contribution in [0.2, 0.25) is 0 Å². The average Bonchev–Trinajstić information content (AvgIpc) is 3.03. The fourth-order valence-corrected chi connectivity index (χ4v) is 8.39. The second-order valence-corrected chi connectivity index (χ2v) is 12.2. The van der Waals surface area contributed by atoms with Crippen molar-refractivity contribution in [2.24, 2.45) is 46.3 Å². The first-order valence-electron chi connectivity index (χ1n) is 12.7. The zero-order valence-corrected chi connectivity index (χ0v) is 20.0. The molecular formula is C28H46O. The average molecular weight is 399 g/mol. The van der Waals surface area contributed by atoms with Crippen molar-refractivity contribution < 1.29 is 5.11 Å². The van der Waals surface area contributed by atoms with E-state index in [0.29, 0.717) is 16.7 Å². The summed E-state index contributed by atoms with van der Waals surface area (Å²) in [4.78, 5) is 0. The second-order valence-electron chi connectivity index (χ2n) is 12.2. The van der Waals surface area contributed by atoms with Crippen LogP contribution in [0.3, 0.4) is 0 Å². The lowest BCUT2D eigenvalue weighted by Gasteiger charge is -2.58. The molecule has 0 aromatic carbocycles. The Balaban J connectivity index is 1.52. The molecule has 3 fully saturated rings. The summed E-state index contributed by atoms with van der Waals surface area (Å²) in [5.74, 6) is 5.07. The molecule has 8 unspecified atom stereocenters. The summed E-state index contributed by atoms with van der Waals surface area (Å²) in [6.45, 7) is 14.7. The monoisotopic (exact) mass is 398 g/mol. The van der Waals surface area contributed by atoms with Crippen molar-refractivity contribution in [2.45, 2.75) is 105 Å². The van der Waals surface area contributed by atoms with Gasteiger partial charge in [0.1, 0.15) is 0 Å². The highest BCUT2D eigenvalue weighted by atomic mass is 16.3. The van der Waals surface area contributed by atoms with Gasteiger partial charge in [0.25, 0.3) is 0 Å². The van der Waals surface area contributed by atoms with E-state index in [1.54, 1.807) is 11.1 Å². The molecule has 29 heavy (non-hydrogen) atoms. The zero-order valence-electron chi connectivity index (χ0n) is 20.0. The van der Waals surface area contributed by atoms with Gasteiger partial charge in [-0.1, -0.05) is 57.9 Å². The van der Waals surface area contributed by atoms with Gasteiger partial charge in [0.15, 0.2) is 0 Å². The second kappa shape index (κ2) is 7.85. The van der Waals surface area contributed by atoms with Crippen molar-refractivity contribution in [1.29, 1.82) is 0 Å². The van der Waals surface area contributed by atoms with Crippen LogP contribution in [0, 0.1) is 46.3 Å². The highest BCUT2D eigenvalue weighted by Crippen LogP contribution is 2.67. The Morgan fingerprint density at radius 3 is 2.59 bits per heavy atom. The Bertz CT molecular complexity index is 672. The van der Waals surface area contributed by atoms with Crippen LogP contribution in [0.25, 0.3) is 0 Å². The minimum atomic E-state index is -0.0845. The summed E-state index contributed by atoms with van der Waals surface area (Å²) in [6, 6.07) is 0. The standard InChI is InChI=1S/C28H46O/c1-18(2)19(3)7-8-20(4)24-11-12-25-23-10-9-21-17-22(29)13-15-27(21,5)26(23)14-16-28(24,25)6/h7,9,18,20,22-26,29H,8,10-17H2,1-6H3/b19-7+. The molecule has 0 aromatic heterocycles. The summed E-state index contributed by atoms with van der Waals surface area (Å²) < 4.78 is 0. The molecule has 4 rings (SSSR count). The normalized spacial score (nSPS) is 46.0. The number of aliphatic hydroxyl groups is 1. The molecule has 0 aliphatic heterocycles. The number of hydrogen-bond donors (Lipinski definition) is 1. The summed E-state index contributed by atoms with van der Waals surface area (Å²) in [6.07, 6.45) is 16.5. The van der Waals surface area contributed by atoms with Crippen molar-refractivity contribution >= 4 is 0 Å². The van der Waals surface area contributed by atoms with E-state index in [0.717, 1.165) is 42.4 Å². The quantitative estimate of drug-likeness (QED) is 0.484. The van der Waals surface area contributed by atoms with E-state index in [1.165, 1.54) is 44.9 Å². The van der Waals surface area contributed by atoms with Gasteiger partial charge in [0.2, 0.25) is 0 Å². The van der Waals surface area contributed by atoms with Crippen molar-refractivity contribution in [2.75, 3.05) is 0 Å². The molecule has 0 aromatic rings. The maximum absolute atomic E-state index is 10.2. The lowest BCUT2D eigenvalue weighted by molar-refractivity contribution is -0.0565. The Labute approximate surface area is 180 Å². The van der Waals surface area contributed by atoms with Crippen LogP contribution in [0.15, 0.2) is 23.3 Å². The number of rotatable bonds is 4. The molecule has 0 radical (unpaired) electrons. The molecule has 0 spiro atoms. The van der Waals surface area contributed by atoms with E-state index in [2.05, 4.69) is 53.7 Å². The largest absolute Gasteiger partial charge is 0.393 e. The molecule has 0 heterocycles. The van der Waals surface area contributed by atoms with Crippen LogP contribution in [-0.2, 0) is 0 Å². The van der Waals surface area contributed by atoms with E-state index in [-0.39, 0.29) is 6.10 Å². The minimum Gasteiger partial charge on any atom is -0.393 e. The molecule has 164 valence electrons. The molecule has 0 saturated heterocycles. The molecule has 1 heteroatoms. The van der Waals surface area contributed by atoms with Crippen LogP contribution < -0.4 is 0 Å². The van der Waals surface area contributed by atoms with Crippen LogP contribution in [-0.4, -0.2) is 11.2 Å². The maximum Gasteiger partial charge on any atom is 0.0577 e. The van der Waals surface area contributed by atoms with Gasteiger partial charge in [-0.2, -0.15) is 0 Å². The predicted octanol–water partition coefficient (Wildman–Crippen LogP) is 7.55. The van der Waals surface area contributed by atoms with E-state index < -0.39 is 0 Å². The fourth-order valence-electron chi connectivity index (χ4n) is 8.39. The first-order chi connectivity index (χ1) is 13.7. The zero-order chi connectivity index (χ0) is 21.0. The molecule has 1 nitrogen and oxygen atoms in total.